The Hall–Kier alpha value is -1.74. The summed E-state index contributed by atoms with van der Waals surface area (Å²) < 4.78 is 0. The van der Waals surface area contributed by atoms with E-state index in [9.17, 15) is 0 Å². The molecule has 19 heavy (non-hydrogen) atoms. The van der Waals surface area contributed by atoms with Crippen molar-refractivity contribution in [2.45, 2.75) is 13.5 Å². The van der Waals surface area contributed by atoms with E-state index in [1.165, 1.54) is 0 Å². The van der Waals surface area contributed by atoms with Crippen LogP contribution in [-0.2, 0) is 6.54 Å². The Labute approximate surface area is 119 Å². The van der Waals surface area contributed by atoms with E-state index in [0.717, 1.165) is 35.2 Å². The molecule has 0 spiro atoms. The molecule has 0 fully saturated rings. The first-order valence-electron chi connectivity index (χ1n) is 6.35. The third-order valence-electron chi connectivity index (χ3n) is 2.91. The lowest BCUT2D eigenvalue weighted by atomic mass is 10.2. The van der Waals surface area contributed by atoms with Gasteiger partial charge in [0.15, 0.2) is 0 Å². The monoisotopic (exact) mass is 275 g/mol. The van der Waals surface area contributed by atoms with Crippen LogP contribution in [0.4, 0.5) is 11.5 Å². The standard InChI is InChI=1S/C15H18ClN3/c1-3-17-15-10-13(8-9-18-15)19(2)11-12-6-4-5-7-14(12)16/h4-10H,3,11H2,1-2H3,(H,17,18). The highest BCUT2D eigenvalue weighted by Gasteiger charge is 2.06. The van der Waals surface area contributed by atoms with Crippen LogP contribution in [-0.4, -0.2) is 18.6 Å². The molecule has 0 atom stereocenters. The van der Waals surface area contributed by atoms with Crippen LogP contribution < -0.4 is 10.2 Å². The molecule has 0 aliphatic carbocycles. The molecular weight excluding hydrogens is 258 g/mol. The lowest BCUT2D eigenvalue weighted by Crippen LogP contribution is -2.17. The maximum Gasteiger partial charge on any atom is 0.127 e. The zero-order valence-corrected chi connectivity index (χ0v) is 12.0. The Morgan fingerprint density at radius 2 is 2.05 bits per heavy atom. The first-order chi connectivity index (χ1) is 9.20. The van der Waals surface area contributed by atoms with Crippen LogP contribution in [0.1, 0.15) is 12.5 Å². The van der Waals surface area contributed by atoms with E-state index in [1.807, 2.05) is 49.6 Å². The Kier molecular flexibility index (Phi) is 4.63. The van der Waals surface area contributed by atoms with Gasteiger partial charge in [-0.25, -0.2) is 4.98 Å². The second-order valence-electron chi connectivity index (χ2n) is 4.38. The zero-order valence-electron chi connectivity index (χ0n) is 11.2. The molecule has 0 radical (unpaired) electrons. The average molecular weight is 276 g/mol. The van der Waals surface area contributed by atoms with Gasteiger partial charge in [-0.2, -0.15) is 0 Å². The molecule has 2 aromatic rings. The Balaban J connectivity index is 2.13. The van der Waals surface area contributed by atoms with Gasteiger partial charge in [0.05, 0.1) is 0 Å². The van der Waals surface area contributed by atoms with Gasteiger partial charge in [0.1, 0.15) is 5.82 Å². The molecule has 1 N–H and O–H groups in total. The molecule has 0 bridgehead atoms. The van der Waals surface area contributed by atoms with Gasteiger partial charge in [-0.1, -0.05) is 29.8 Å². The zero-order chi connectivity index (χ0) is 13.7. The summed E-state index contributed by atoms with van der Waals surface area (Å²) in [6, 6.07) is 12.0. The number of pyridine rings is 1. The molecule has 100 valence electrons. The van der Waals surface area contributed by atoms with Gasteiger partial charge in [-0.05, 0) is 24.6 Å². The van der Waals surface area contributed by atoms with Gasteiger partial charge in [-0.3, -0.25) is 0 Å². The van der Waals surface area contributed by atoms with Gasteiger partial charge in [0.25, 0.3) is 0 Å². The van der Waals surface area contributed by atoms with Crippen molar-refractivity contribution in [1.29, 1.82) is 0 Å². The van der Waals surface area contributed by atoms with Gasteiger partial charge in [-0.15, -0.1) is 0 Å². The molecule has 3 nitrogen and oxygen atoms in total. The van der Waals surface area contributed by atoms with Crippen molar-refractivity contribution >= 4 is 23.1 Å². The van der Waals surface area contributed by atoms with Gasteiger partial charge >= 0.3 is 0 Å². The molecule has 0 unspecified atom stereocenters. The molecule has 0 amide bonds. The Morgan fingerprint density at radius 3 is 2.79 bits per heavy atom. The van der Waals surface area contributed by atoms with Crippen LogP contribution in [0.3, 0.4) is 0 Å². The van der Waals surface area contributed by atoms with Crippen molar-refractivity contribution in [3.8, 4) is 0 Å². The van der Waals surface area contributed by atoms with E-state index in [1.54, 1.807) is 0 Å². The number of hydrogen-bond donors (Lipinski definition) is 1. The minimum atomic E-state index is 0.773. The number of halogens is 1. The van der Waals surface area contributed by atoms with Crippen molar-refractivity contribution < 1.29 is 0 Å². The fourth-order valence-electron chi connectivity index (χ4n) is 1.91. The third kappa shape index (κ3) is 3.61. The molecule has 0 saturated heterocycles. The predicted molar refractivity (Wildman–Crippen MR) is 82.0 cm³/mol. The van der Waals surface area contributed by atoms with Gasteiger partial charge in [0.2, 0.25) is 0 Å². The maximum atomic E-state index is 6.19. The quantitative estimate of drug-likeness (QED) is 0.900. The van der Waals surface area contributed by atoms with Crippen LogP contribution in [0.2, 0.25) is 5.02 Å². The normalized spacial score (nSPS) is 10.3. The van der Waals surface area contributed by atoms with E-state index in [2.05, 4.69) is 22.1 Å². The Morgan fingerprint density at radius 1 is 1.26 bits per heavy atom. The van der Waals surface area contributed by atoms with E-state index >= 15 is 0 Å². The van der Waals surface area contributed by atoms with E-state index in [4.69, 9.17) is 11.6 Å². The van der Waals surface area contributed by atoms with Crippen molar-refractivity contribution in [2.75, 3.05) is 23.8 Å². The first-order valence-corrected chi connectivity index (χ1v) is 6.73. The second-order valence-corrected chi connectivity index (χ2v) is 4.78. The number of anilines is 2. The summed E-state index contributed by atoms with van der Waals surface area (Å²) in [4.78, 5) is 6.43. The summed E-state index contributed by atoms with van der Waals surface area (Å²) in [5, 5.41) is 4.02. The third-order valence-corrected chi connectivity index (χ3v) is 3.28. The van der Waals surface area contributed by atoms with Crippen LogP contribution in [0.25, 0.3) is 0 Å². The smallest absolute Gasteiger partial charge is 0.127 e. The summed E-state index contributed by atoms with van der Waals surface area (Å²) >= 11 is 6.19. The van der Waals surface area contributed by atoms with Crippen molar-refractivity contribution in [3.63, 3.8) is 0 Å². The number of benzene rings is 1. The summed E-state index contributed by atoms with van der Waals surface area (Å²) in [5.74, 6) is 0.894. The SMILES string of the molecule is CCNc1cc(N(C)Cc2ccccc2Cl)ccn1. The molecule has 2 rings (SSSR count). The van der Waals surface area contributed by atoms with Crippen molar-refractivity contribution in [3.05, 3.63) is 53.2 Å². The Bertz CT molecular complexity index is 542. The van der Waals surface area contributed by atoms with Crippen LogP contribution in [0, 0.1) is 0 Å². The van der Waals surface area contributed by atoms with Crippen molar-refractivity contribution in [2.24, 2.45) is 0 Å². The highest BCUT2D eigenvalue weighted by Crippen LogP contribution is 2.21. The molecule has 1 heterocycles. The largest absolute Gasteiger partial charge is 0.370 e. The summed E-state index contributed by atoms with van der Waals surface area (Å²) in [6.45, 7) is 3.70. The molecular formula is C15H18ClN3. The number of aromatic nitrogens is 1. The summed E-state index contributed by atoms with van der Waals surface area (Å²) in [7, 11) is 2.05. The highest BCUT2D eigenvalue weighted by atomic mass is 35.5. The fraction of sp³-hybridized carbons (Fsp3) is 0.267. The van der Waals surface area contributed by atoms with Crippen molar-refractivity contribution in [1.82, 2.24) is 4.98 Å². The lowest BCUT2D eigenvalue weighted by Gasteiger charge is -2.20. The van der Waals surface area contributed by atoms with Crippen LogP contribution >= 0.6 is 11.6 Å². The van der Waals surface area contributed by atoms with Gasteiger partial charge in [0, 0.05) is 43.1 Å². The number of rotatable bonds is 5. The average Bonchev–Trinajstić information content (AvgIpc) is 2.42. The molecule has 1 aromatic carbocycles. The van der Waals surface area contributed by atoms with E-state index < -0.39 is 0 Å². The lowest BCUT2D eigenvalue weighted by molar-refractivity contribution is 0.921. The number of nitrogens with one attached hydrogen (secondary N) is 1. The molecule has 1 aromatic heterocycles. The highest BCUT2D eigenvalue weighted by molar-refractivity contribution is 6.31. The molecule has 0 aliphatic heterocycles. The first kappa shape index (κ1) is 13.7. The predicted octanol–water partition coefficient (Wildman–Crippen LogP) is 3.80. The number of hydrogen-bond acceptors (Lipinski definition) is 3. The topological polar surface area (TPSA) is 28.2 Å². The molecule has 0 aliphatic rings. The van der Waals surface area contributed by atoms with E-state index in [-0.39, 0.29) is 0 Å². The summed E-state index contributed by atoms with van der Waals surface area (Å²) in [5.41, 5.74) is 2.24. The minimum absolute atomic E-state index is 0.773. The maximum absolute atomic E-state index is 6.19. The fourth-order valence-corrected chi connectivity index (χ4v) is 2.10. The van der Waals surface area contributed by atoms with Crippen LogP contribution in [0.5, 0.6) is 0 Å². The summed E-state index contributed by atoms with van der Waals surface area (Å²) in [6.07, 6.45) is 1.82. The van der Waals surface area contributed by atoms with Gasteiger partial charge < -0.3 is 10.2 Å². The minimum Gasteiger partial charge on any atom is -0.370 e. The molecule has 4 heteroatoms. The molecule has 0 saturated carbocycles. The van der Waals surface area contributed by atoms with Crippen LogP contribution in [0.15, 0.2) is 42.6 Å². The second kappa shape index (κ2) is 6.43. The van der Waals surface area contributed by atoms with E-state index in [0.29, 0.717) is 0 Å². The number of nitrogens with zero attached hydrogens (tertiary/aromatic N) is 2.